The highest BCUT2D eigenvalue weighted by molar-refractivity contribution is 5.94. The van der Waals surface area contributed by atoms with Crippen molar-refractivity contribution in [3.8, 4) is 0 Å². The number of fused-ring (bicyclic) bond motifs is 1. The van der Waals surface area contributed by atoms with Crippen LogP contribution in [0.25, 0.3) is 0 Å². The van der Waals surface area contributed by atoms with E-state index in [4.69, 9.17) is 0 Å². The summed E-state index contributed by atoms with van der Waals surface area (Å²) in [5, 5.41) is 0. The first-order chi connectivity index (χ1) is 10.7. The monoisotopic (exact) mass is 301 g/mol. The highest BCUT2D eigenvalue weighted by Crippen LogP contribution is 2.29. The molecule has 22 heavy (non-hydrogen) atoms. The minimum atomic E-state index is 0.200. The van der Waals surface area contributed by atoms with Gasteiger partial charge in [-0.1, -0.05) is 25.1 Å². The van der Waals surface area contributed by atoms with Crippen LogP contribution in [0.5, 0.6) is 0 Å². The van der Waals surface area contributed by atoms with Gasteiger partial charge in [0.25, 0.3) is 0 Å². The van der Waals surface area contributed by atoms with Crippen LogP contribution in [0.4, 0.5) is 10.5 Å². The van der Waals surface area contributed by atoms with Crippen LogP contribution in [-0.4, -0.2) is 55.6 Å². The Labute approximate surface area is 133 Å². The van der Waals surface area contributed by atoms with Crippen molar-refractivity contribution in [1.29, 1.82) is 0 Å². The van der Waals surface area contributed by atoms with Gasteiger partial charge in [0, 0.05) is 31.9 Å². The first-order valence-electron chi connectivity index (χ1n) is 8.52. The average Bonchev–Trinajstić information content (AvgIpc) is 3.13. The van der Waals surface area contributed by atoms with Crippen LogP contribution in [0, 0.1) is 5.92 Å². The third-order valence-electron chi connectivity index (χ3n) is 4.85. The Morgan fingerprint density at radius 2 is 2.14 bits per heavy atom. The smallest absolute Gasteiger partial charge is 0.324 e. The number of urea groups is 1. The molecule has 0 unspecified atom stereocenters. The predicted molar refractivity (Wildman–Crippen MR) is 90.4 cm³/mol. The highest BCUT2D eigenvalue weighted by Gasteiger charge is 2.32. The summed E-state index contributed by atoms with van der Waals surface area (Å²) in [6.07, 6.45) is 3.31. The minimum Gasteiger partial charge on any atom is -0.324 e. The molecule has 1 saturated heterocycles. The number of anilines is 1. The second-order valence-electron chi connectivity index (χ2n) is 6.68. The Kier molecular flexibility index (Phi) is 4.67. The van der Waals surface area contributed by atoms with E-state index in [0.29, 0.717) is 5.92 Å². The molecule has 4 heteroatoms. The molecule has 0 N–H and O–H groups in total. The van der Waals surface area contributed by atoms with E-state index < -0.39 is 0 Å². The summed E-state index contributed by atoms with van der Waals surface area (Å²) in [6, 6.07) is 8.49. The highest BCUT2D eigenvalue weighted by atomic mass is 16.2. The predicted octanol–water partition coefficient (Wildman–Crippen LogP) is 2.83. The third-order valence-corrected chi connectivity index (χ3v) is 4.85. The Balaban J connectivity index is 1.58. The maximum Gasteiger partial charge on any atom is 0.324 e. The van der Waals surface area contributed by atoms with Gasteiger partial charge in [0.05, 0.1) is 0 Å². The van der Waals surface area contributed by atoms with Crippen LogP contribution >= 0.6 is 0 Å². The number of amides is 2. The molecular weight excluding hydrogens is 274 g/mol. The molecule has 0 radical (unpaired) electrons. The maximum atomic E-state index is 12.8. The number of carbonyl (C=O) groups is 1. The Morgan fingerprint density at radius 1 is 1.32 bits per heavy atom. The van der Waals surface area contributed by atoms with Gasteiger partial charge in [-0.25, -0.2) is 4.79 Å². The van der Waals surface area contributed by atoms with E-state index in [0.717, 1.165) is 51.3 Å². The lowest BCUT2D eigenvalue weighted by Crippen LogP contribution is -2.41. The molecule has 2 aliphatic heterocycles. The number of nitrogens with zero attached hydrogens (tertiary/aromatic N) is 3. The first-order valence-corrected chi connectivity index (χ1v) is 8.52. The molecule has 1 aromatic carbocycles. The molecule has 0 saturated carbocycles. The fourth-order valence-electron chi connectivity index (χ4n) is 3.78. The third kappa shape index (κ3) is 3.12. The largest absolute Gasteiger partial charge is 0.324 e. The fraction of sp³-hybridized carbons (Fsp3) is 0.611. The number of benzene rings is 1. The summed E-state index contributed by atoms with van der Waals surface area (Å²) >= 11 is 0. The van der Waals surface area contributed by atoms with Gasteiger partial charge < -0.3 is 9.80 Å². The Morgan fingerprint density at radius 3 is 2.95 bits per heavy atom. The van der Waals surface area contributed by atoms with Crippen molar-refractivity contribution in [2.75, 3.05) is 44.7 Å². The normalized spacial score (nSPS) is 20.8. The van der Waals surface area contributed by atoms with Crippen molar-refractivity contribution in [2.24, 2.45) is 5.92 Å². The Hall–Kier alpha value is -1.55. The van der Waals surface area contributed by atoms with E-state index in [2.05, 4.69) is 37.1 Å². The van der Waals surface area contributed by atoms with Crippen molar-refractivity contribution in [1.82, 2.24) is 9.80 Å². The van der Waals surface area contributed by atoms with Gasteiger partial charge in [0.2, 0.25) is 0 Å². The molecule has 2 heterocycles. The van der Waals surface area contributed by atoms with Crippen molar-refractivity contribution < 1.29 is 4.79 Å². The standard InChI is InChI=1S/C18H27N3O/c1-3-10-19(2)13-15-8-11-20(14-15)18(22)21-12-9-16-6-4-5-7-17(16)21/h4-7,15H,3,8-14H2,1-2H3/t15-/m0/s1. The lowest BCUT2D eigenvalue weighted by molar-refractivity contribution is 0.211. The molecule has 0 spiro atoms. The topological polar surface area (TPSA) is 26.8 Å². The molecular formula is C18H27N3O. The van der Waals surface area contributed by atoms with E-state index in [1.807, 2.05) is 15.9 Å². The van der Waals surface area contributed by atoms with Crippen LogP contribution in [0.15, 0.2) is 24.3 Å². The quantitative estimate of drug-likeness (QED) is 0.855. The molecule has 2 amide bonds. The molecule has 1 fully saturated rings. The zero-order chi connectivity index (χ0) is 15.5. The molecule has 1 aromatic rings. The molecule has 120 valence electrons. The van der Waals surface area contributed by atoms with Crippen LogP contribution in [-0.2, 0) is 6.42 Å². The summed E-state index contributed by atoms with van der Waals surface area (Å²) in [7, 11) is 2.19. The molecule has 0 aromatic heterocycles. The lowest BCUT2D eigenvalue weighted by atomic mass is 10.1. The van der Waals surface area contributed by atoms with Gasteiger partial charge in [0.1, 0.15) is 0 Å². The Bertz CT molecular complexity index is 531. The average molecular weight is 301 g/mol. The van der Waals surface area contributed by atoms with Gasteiger partial charge in [0.15, 0.2) is 0 Å². The molecule has 4 nitrogen and oxygen atoms in total. The summed E-state index contributed by atoms with van der Waals surface area (Å²) in [4.78, 5) is 19.2. The lowest BCUT2D eigenvalue weighted by Gasteiger charge is -2.25. The SMILES string of the molecule is CCCN(C)C[C@@H]1CCN(C(=O)N2CCc3ccccc32)C1. The van der Waals surface area contributed by atoms with Crippen molar-refractivity contribution >= 4 is 11.7 Å². The van der Waals surface area contributed by atoms with E-state index >= 15 is 0 Å². The number of para-hydroxylation sites is 1. The van der Waals surface area contributed by atoms with Gasteiger partial charge in [-0.2, -0.15) is 0 Å². The van der Waals surface area contributed by atoms with E-state index in [1.54, 1.807) is 0 Å². The number of carbonyl (C=O) groups excluding carboxylic acids is 1. The summed E-state index contributed by atoms with van der Waals surface area (Å²) < 4.78 is 0. The molecule has 3 rings (SSSR count). The van der Waals surface area contributed by atoms with Gasteiger partial charge in [-0.15, -0.1) is 0 Å². The number of rotatable bonds is 4. The zero-order valence-electron chi connectivity index (χ0n) is 13.8. The van der Waals surface area contributed by atoms with Crippen LogP contribution < -0.4 is 4.90 Å². The zero-order valence-corrected chi connectivity index (χ0v) is 13.8. The fourth-order valence-corrected chi connectivity index (χ4v) is 3.78. The minimum absolute atomic E-state index is 0.200. The molecule has 1 atom stereocenters. The van der Waals surface area contributed by atoms with Gasteiger partial charge in [-0.05, 0) is 50.4 Å². The summed E-state index contributed by atoms with van der Waals surface area (Å²) in [6.45, 7) is 7.10. The van der Waals surface area contributed by atoms with Crippen molar-refractivity contribution in [3.05, 3.63) is 29.8 Å². The number of hydrogen-bond donors (Lipinski definition) is 0. The van der Waals surface area contributed by atoms with Crippen molar-refractivity contribution in [3.63, 3.8) is 0 Å². The summed E-state index contributed by atoms with van der Waals surface area (Å²) in [5.74, 6) is 0.623. The number of hydrogen-bond acceptors (Lipinski definition) is 2. The van der Waals surface area contributed by atoms with Crippen molar-refractivity contribution in [2.45, 2.75) is 26.2 Å². The molecule has 2 aliphatic rings. The van der Waals surface area contributed by atoms with Gasteiger partial charge in [-0.3, -0.25) is 4.90 Å². The summed E-state index contributed by atoms with van der Waals surface area (Å²) in [5.41, 5.74) is 2.41. The van der Waals surface area contributed by atoms with Crippen LogP contribution in [0.3, 0.4) is 0 Å². The second kappa shape index (κ2) is 6.69. The van der Waals surface area contributed by atoms with E-state index in [1.165, 1.54) is 12.0 Å². The molecule has 0 aliphatic carbocycles. The molecule has 0 bridgehead atoms. The van der Waals surface area contributed by atoms with E-state index in [-0.39, 0.29) is 6.03 Å². The van der Waals surface area contributed by atoms with Gasteiger partial charge >= 0.3 is 6.03 Å². The van der Waals surface area contributed by atoms with Crippen LogP contribution in [0.1, 0.15) is 25.3 Å². The van der Waals surface area contributed by atoms with E-state index in [9.17, 15) is 4.79 Å². The second-order valence-corrected chi connectivity index (χ2v) is 6.68. The van der Waals surface area contributed by atoms with Crippen LogP contribution in [0.2, 0.25) is 0 Å². The number of likely N-dealkylation sites (tertiary alicyclic amines) is 1. The first kappa shape index (κ1) is 15.3. The maximum absolute atomic E-state index is 12.8.